The van der Waals surface area contributed by atoms with Crippen LogP contribution in [0.2, 0.25) is 0 Å². The second kappa shape index (κ2) is 5.90. The molecular formula is C16H13NO3S. The molecule has 0 saturated carbocycles. The Bertz CT molecular complexity index is 788. The van der Waals surface area contributed by atoms with Crippen molar-refractivity contribution in [3.63, 3.8) is 0 Å². The van der Waals surface area contributed by atoms with E-state index in [0.29, 0.717) is 11.1 Å². The van der Waals surface area contributed by atoms with Gasteiger partial charge in [-0.05, 0) is 24.6 Å². The smallest absolute Gasteiger partial charge is 0.198 e. The average molecular weight is 299 g/mol. The minimum Gasteiger partial charge on any atom is -0.295 e. The normalized spacial score (nSPS) is 12.4. The molecule has 2 rings (SSSR count). The zero-order valence-corrected chi connectivity index (χ0v) is 12.2. The molecule has 0 heterocycles. The van der Waals surface area contributed by atoms with Gasteiger partial charge in [-0.2, -0.15) is 5.26 Å². The van der Waals surface area contributed by atoms with Crippen LogP contribution in [0.1, 0.15) is 28.1 Å². The SMILES string of the molecule is CC(=O)c1ccc(C(C#N)S(=O)(=O)c2ccccc2)cc1. The number of rotatable bonds is 4. The molecule has 0 radical (unpaired) electrons. The summed E-state index contributed by atoms with van der Waals surface area (Å²) in [7, 11) is -3.78. The van der Waals surface area contributed by atoms with Crippen molar-refractivity contribution in [2.45, 2.75) is 17.1 Å². The van der Waals surface area contributed by atoms with Gasteiger partial charge in [-0.1, -0.05) is 42.5 Å². The lowest BCUT2D eigenvalue weighted by Crippen LogP contribution is -2.12. The topological polar surface area (TPSA) is 75.0 Å². The van der Waals surface area contributed by atoms with Crippen LogP contribution in [0.3, 0.4) is 0 Å². The highest BCUT2D eigenvalue weighted by atomic mass is 32.2. The van der Waals surface area contributed by atoms with Gasteiger partial charge in [0.15, 0.2) is 20.9 Å². The molecule has 0 aliphatic rings. The summed E-state index contributed by atoms with van der Waals surface area (Å²) in [5.74, 6) is -0.110. The number of nitriles is 1. The van der Waals surface area contributed by atoms with Crippen LogP contribution in [0.25, 0.3) is 0 Å². The molecule has 0 aliphatic carbocycles. The van der Waals surface area contributed by atoms with E-state index in [1.54, 1.807) is 18.2 Å². The Balaban J connectivity index is 2.45. The van der Waals surface area contributed by atoms with Crippen LogP contribution in [0.15, 0.2) is 59.5 Å². The molecule has 2 aromatic rings. The number of carbonyl (C=O) groups is 1. The van der Waals surface area contributed by atoms with Gasteiger partial charge in [-0.3, -0.25) is 4.79 Å². The number of sulfone groups is 1. The number of hydrogen-bond donors (Lipinski definition) is 0. The summed E-state index contributed by atoms with van der Waals surface area (Å²) in [6.45, 7) is 1.43. The summed E-state index contributed by atoms with van der Waals surface area (Å²) in [6.07, 6.45) is 0. The fraction of sp³-hybridized carbons (Fsp3) is 0.125. The van der Waals surface area contributed by atoms with Crippen LogP contribution in [0.5, 0.6) is 0 Å². The molecule has 0 aliphatic heterocycles. The van der Waals surface area contributed by atoms with Gasteiger partial charge in [0.05, 0.1) is 11.0 Å². The zero-order chi connectivity index (χ0) is 15.5. The van der Waals surface area contributed by atoms with Gasteiger partial charge in [0, 0.05) is 5.56 Å². The molecule has 0 N–H and O–H groups in total. The molecular weight excluding hydrogens is 286 g/mol. The lowest BCUT2D eigenvalue weighted by atomic mass is 10.1. The summed E-state index contributed by atoms with van der Waals surface area (Å²) >= 11 is 0. The Hall–Kier alpha value is -2.45. The van der Waals surface area contributed by atoms with Gasteiger partial charge in [0.1, 0.15) is 0 Å². The van der Waals surface area contributed by atoms with Crippen LogP contribution in [-0.4, -0.2) is 14.2 Å². The summed E-state index contributed by atoms with van der Waals surface area (Å²) in [5.41, 5.74) is 0.832. The van der Waals surface area contributed by atoms with E-state index in [0.717, 1.165) is 0 Å². The molecule has 2 aromatic carbocycles. The molecule has 0 fully saturated rings. The van der Waals surface area contributed by atoms with E-state index in [1.807, 2.05) is 6.07 Å². The minimum atomic E-state index is -3.78. The van der Waals surface area contributed by atoms with Crippen molar-refractivity contribution in [3.05, 3.63) is 65.7 Å². The molecule has 5 heteroatoms. The van der Waals surface area contributed by atoms with Gasteiger partial charge >= 0.3 is 0 Å². The summed E-state index contributed by atoms with van der Waals surface area (Å²) < 4.78 is 25.0. The van der Waals surface area contributed by atoms with Crippen molar-refractivity contribution in [1.29, 1.82) is 5.26 Å². The quantitative estimate of drug-likeness (QED) is 0.813. The van der Waals surface area contributed by atoms with Crippen LogP contribution >= 0.6 is 0 Å². The molecule has 0 spiro atoms. The van der Waals surface area contributed by atoms with Crippen LogP contribution in [0.4, 0.5) is 0 Å². The Morgan fingerprint density at radius 1 is 1.05 bits per heavy atom. The fourth-order valence-corrected chi connectivity index (χ4v) is 3.42. The first-order valence-electron chi connectivity index (χ1n) is 6.26. The summed E-state index contributed by atoms with van der Waals surface area (Å²) in [6, 6.07) is 15.8. The number of nitrogens with zero attached hydrogens (tertiary/aromatic N) is 1. The van der Waals surface area contributed by atoms with E-state index in [9.17, 15) is 18.5 Å². The Kier molecular flexibility index (Phi) is 4.20. The van der Waals surface area contributed by atoms with Crippen molar-refractivity contribution in [1.82, 2.24) is 0 Å². The molecule has 0 saturated heterocycles. The van der Waals surface area contributed by atoms with Gasteiger partial charge < -0.3 is 0 Å². The van der Waals surface area contributed by atoms with E-state index in [-0.39, 0.29) is 10.7 Å². The Morgan fingerprint density at radius 2 is 1.62 bits per heavy atom. The molecule has 1 atom stereocenters. The van der Waals surface area contributed by atoms with Gasteiger partial charge in [0.2, 0.25) is 0 Å². The van der Waals surface area contributed by atoms with Gasteiger partial charge in [0.25, 0.3) is 0 Å². The van der Waals surface area contributed by atoms with Crippen molar-refractivity contribution in [2.75, 3.05) is 0 Å². The minimum absolute atomic E-state index is 0.104. The summed E-state index contributed by atoms with van der Waals surface area (Å²) in [5, 5.41) is 7.97. The van der Waals surface area contributed by atoms with E-state index in [1.165, 1.54) is 43.3 Å². The number of ketones is 1. The van der Waals surface area contributed by atoms with Gasteiger partial charge in [-0.15, -0.1) is 0 Å². The van der Waals surface area contributed by atoms with Crippen molar-refractivity contribution in [2.24, 2.45) is 0 Å². The zero-order valence-electron chi connectivity index (χ0n) is 11.4. The number of Topliss-reactive ketones (excluding diaryl/α,β-unsaturated/α-hetero) is 1. The molecule has 106 valence electrons. The lowest BCUT2D eigenvalue weighted by Gasteiger charge is -2.11. The first kappa shape index (κ1) is 14.9. The van der Waals surface area contributed by atoms with E-state index in [4.69, 9.17) is 0 Å². The van der Waals surface area contributed by atoms with E-state index in [2.05, 4.69) is 0 Å². The molecule has 0 aromatic heterocycles. The highest BCUT2D eigenvalue weighted by Gasteiger charge is 2.28. The number of carbonyl (C=O) groups excluding carboxylic acids is 1. The highest BCUT2D eigenvalue weighted by Crippen LogP contribution is 2.28. The van der Waals surface area contributed by atoms with Crippen LogP contribution in [0, 0.1) is 11.3 Å². The number of hydrogen-bond acceptors (Lipinski definition) is 4. The monoisotopic (exact) mass is 299 g/mol. The second-order valence-corrected chi connectivity index (χ2v) is 6.58. The molecule has 4 nitrogen and oxygen atoms in total. The Labute approximate surface area is 123 Å². The van der Waals surface area contributed by atoms with Crippen molar-refractivity contribution < 1.29 is 13.2 Å². The average Bonchev–Trinajstić information content (AvgIpc) is 2.49. The standard InChI is InChI=1S/C16H13NO3S/c1-12(18)13-7-9-14(10-8-13)16(11-17)21(19,20)15-5-3-2-4-6-15/h2-10,16H,1H3. The maximum atomic E-state index is 12.5. The van der Waals surface area contributed by atoms with Crippen molar-refractivity contribution >= 4 is 15.6 Å². The fourth-order valence-electron chi connectivity index (χ4n) is 1.96. The third-order valence-corrected chi connectivity index (χ3v) is 5.05. The van der Waals surface area contributed by atoms with Gasteiger partial charge in [-0.25, -0.2) is 8.42 Å². The first-order chi connectivity index (χ1) is 9.96. The molecule has 0 amide bonds. The third kappa shape index (κ3) is 3.01. The lowest BCUT2D eigenvalue weighted by molar-refractivity contribution is 0.101. The van der Waals surface area contributed by atoms with Crippen molar-refractivity contribution in [3.8, 4) is 6.07 Å². The molecule has 1 unspecified atom stereocenters. The second-order valence-electron chi connectivity index (χ2n) is 4.55. The molecule has 0 bridgehead atoms. The summed E-state index contributed by atoms with van der Waals surface area (Å²) in [4.78, 5) is 11.3. The number of benzene rings is 2. The van der Waals surface area contributed by atoms with E-state index < -0.39 is 15.1 Å². The maximum absolute atomic E-state index is 12.5. The first-order valence-corrected chi connectivity index (χ1v) is 7.81. The third-order valence-electron chi connectivity index (χ3n) is 3.12. The maximum Gasteiger partial charge on any atom is 0.198 e. The predicted molar refractivity (Wildman–Crippen MR) is 78.4 cm³/mol. The predicted octanol–water partition coefficient (Wildman–Crippen LogP) is 2.93. The highest BCUT2D eigenvalue weighted by molar-refractivity contribution is 7.92. The molecule has 21 heavy (non-hydrogen) atoms. The van der Waals surface area contributed by atoms with Crippen LogP contribution < -0.4 is 0 Å². The van der Waals surface area contributed by atoms with E-state index >= 15 is 0 Å². The Morgan fingerprint density at radius 3 is 2.10 bits per heavy atom. The van der Waals surface area contributed by atoms with Crippen LogP contribution in [-0.2, 0) is 9.84 Å². The largest absolute Gasteiger partial charge is 0.295 e.